The summed E-state index contributed by atoms with van der Waals surface area (Å²) in [6.45, 7) is 0. The smallest absolute Gasteiger partial charge is 0.251 e. The topological polar surface area (TPSA) is 138 Å². The van der Waals surface area contributed by atoms with Crippen molar-refractivity contribution in [1.82, 2.24) is 14.9 Å². The van der Waals surface area contributed by atoms with E-state index in [4.69, 9.17) is 16.3 Å². The number of benzene rings is 1. The molecule has 0 aliphatic heterocycles. The molecule has 0 radical (unpaired) electrons. The van der Waals surface area contributed by atoms with Crippen molar-refractivity contribution >= 4 is 39.9 Å². The summed E-state index contributed by atoms with van der Waals surface area (Å²) in [5.41, 5.74) is 7.73. The fourth-order valence-corrected chi connectivity index (χ4v) is 5.33. The molecule has 0 saturated heterocycles. The number of anilines is 1. The summed E-state index contributed by atoms with van der Waals surface area (Å²) in [5, 5.41) is 11.9. The van der Waals surface area contributed by atoms with E-state index in [-0.39, 0.29) is 11.7 Å². The number of thiophene rings is 1. The van der Waals surface area contributed by atoms with Crippen LogP contribution in [0.2, 0.25) is 0 Å². The summed E-state index contributed by atoms with van der Waals surface area (Å²) in [5.74, 6) is 6.60. The SMILES string of the molecule is COc1ccc(-c2nnc(SCC(=O)Nc3sc4c(c3C(N)=O)CCC4)n2N)cc1. The fraction of sp³-hybridized carbons (Fsp3) is 0.263. The Labute approximate surface area is 180 Å². The zero-order chi connectivity index (χ0) is 21.3. The minimum absolute atomic E-state index is 0.0682. The van der Waals surface area contributed by atoms with Gasteiger partial charge in [0.15, 0.2) is 5.82 Å². The normalized spacial score (nSPS) is 12.6. The van der Waals surface area contributed by atoms with E-state index in [1.165, 1.54) is 16.0 Å². The number of methoxy groups -OCH3 is 1. The van der Waals surface area contributed by atoms with Crippen LogP contribution in [0.4, 0.5) is 5.00 Å². The predicted molar refractivity (Wildman–Crippen MR) is 116 cm³/mol. The Kier molecular flexibility index (Phi) is 5.64. The maximum Gasteiger partial charge on any atom is 0.251 e. The van der Waals surface area contributed by atoms with Gasteiger partial charge in [-0.2, -0.15) is 0 Å². The molecule has 0 bridgehead atoms. The Bertz CT molecular complexity index is 1110. The first kappa shape index (κ1) is 20.2. The number of carbonyl (C=O) groups is 2. The van der Waals surface area contributed by atoms with Gasteiger partial charge in [-0.05, 0) is 49.1 Å². The highest BCUT2D eigenvalue weighted by atomic mass is 32.2. The number of hydrogen-bond donors (Lipinski definition) is 3. The van der Waals surface area contributed by atoms with Crippen LogP contribution in [0.5, 0.6) is 5.75 Å². The molecule has 1 aromatic carbocycles. The zero-order valence-corrected chi connectivity index (χ0v) is 17.8. The number of thioether (sulfide) groups is 1. The second-order valence-electron chi connectivity index (χ2n) is 6.67. The van der Waals surface area contributed by atoms with Crippen molar-refractivity contribution in [3.05, 3.63) is 40.3 Å². The third-order valence-electron chi connectivity index (χ3n) is 4.77. The lowest BCUT2D eigenvalue weighted by Crippen LogP contribution is -2.19. The number of amides is 2. The molecule has 0 saturated carbocycles. The van der Waals surface area contributed by atoms with Gasteiger partial charge < -0.3 is 21.6 Å². The molecule has 0 spiro atoms. The number of nitrogens with zero attached hydrogens (tertiary/aromatic N) is 3. The number of primary amides is 1. The van der Waals surface area contributed by atoms with Gasteiger partial charge in [0.2, 0.25) is 11.1 Å². The maximum atomic E-state index is 12.5. The largest absolute Gasteiger partial charge is 0.497 e. The number of nitrogens with two attached hydrogens (primary N) is 2. The molecular weight excluding hydrogens is 424 g/mol. The summed E-state index contributed by atoms with van der Waals surface area (Å²) in [6, 6.07) is 7.27. The van der Waals surface area contributed by atoms with Crippen LogP contribution in [0.1, 0.15) is 27.2 Å². The van der Waals surface area contributed by atoms with Gasteiger partial charge in [0.1, 0.15) is 10.8 Å². The average Bonchev–Trinajstić information content (AvgIpc) is 3.41. The number of aryl methyl sites for hydroxylation is 1. The van der Waals surface area contributed by atoms with Crippen LogP contribution in [-0.2, 0) is 17.6 Å². The molecule has 4 rings (SSSR count). The molecule has 2 amide bonds. The van der Waals surface area contributed by atoms with Crippen LogP contribution < -0.4 is 21.6 Å². The quantitative estimate of drug-likeness (QED) is 0.374. The summed E-state index contributed by atoms with van der Waals surface area (Å²) in [6.07, 6.45) is 2.74. The van der Waals surface area contributed by atoms with Crippen LogP contribution in [0.25, 0.3) is 11.4 Å². The maximum absolute atomic E-state index is 12.5. The second-order valence-corrected chi connectivity index (χ2v) is 8.71. The number of rotatable bonds is 7. The van der Waals surface area contributed by atoms with Gasteiger partial charge >= 0.3 is 0 Å². The fourth-order valence-electron chi connectivity index (χ4n) is 3.36. The average molecular weight is 445 g/mol. The van der Waals surface area contributed by atoms with Gasteiger partial charge in [-0.25, -0.2) is 4.68 Å². The molecule has 2 aromatic heterocycles. The lowest BCUT2D eigenvalue weighted by molar-refractivity contribution is -0.113. The second kappa shape index (κ2) is 8.36. The molecule has 1 aliphatic rings. The van der Waals surface area contributed by atoms with Crippen LogP contribution in [0.3, 0.4) is 0 Å². The van der Waals surface area contributed by atoms with Crippen molar-refractivity contribution in [3.63, 3.8) is 0 Å². The lowest BCUT2D eigenvalue weighted by atomic mass is 10.1. The van der Waals surface area contributed by atoms with Crippen LogP contribution in [-0.4, -0.2) is 39.6 Å². The van der Waals surface area contributed by atoms with Crippen molar-refractivity contribution in [2.75, 3.05) is 24.0 Å². The Morgan fingerprint density at radius 3 is 2.73 bits per heavy atom. The van der Waals surface area contributed by atoms with Gasteiger partial charge in [-0.1, -0.05) is 11.8 Å². The van der Waals surface area contributed by atoms with E-state index >= 15 is 0 Å². The van der Waals surface area contributed by atoms with Crippen molar-refractivity contribution in [1.29, 1.82) is 0 Å². The standard InChI is InChI=1S/C19H20N6O3S2/c1-28-11-7-5-10(6-8-11)17-23-24-19(25(17)21)29-9-14(26)22-18-15(16(20)27)12-3-2-4-13(12)30-18/h5-8H,2-4,9,21H2,1H3,(H2,20,27)(H,22,26). The predicted octanol–water partition coefficient (Wildman–Crippen LogP) is 2.05. The Balaban J connectivity index is 1.43. The molecule has 30 heavy (non-hydrogen) atoms. The van der Waals surface area contributed by atoms with E-state index in [0.29, 0.717) is 21.5 Å². The number of nitrogen functional groups attached to an aromatic ring is 1. The molecule has 156 valence electrons. The molecule has 0 fully saturated rings. The molecule has 0 unspecified atom stereocenters. The Morgan fingerprint density at radius 2 is 2.03 bits per heavy atom. The number of nitrogens with one attached hydrogen (secondary N) is 1. The number of aromatic nitrogens is 3. The van der Waals surface area contributed by atoms with Gasteiger partial charge in [0.25, 0.3) is 5.91 Å². The number of hydrogen-bond acceptors (Lipinski definition) is 8. The summed E-state index contributed by atoms with van der Waals surface area (Å²) < 4.78 is 6.49. The van der Waals surface area contributed by atoms with Crippen molar-refractivity contribution in [3.8, 4) is 17.1 Å². The van der Waals surface area contributed by atoms with E-state index in [0.717, 1.165) is 52.8 Å². The Morgan fingerprint density at radius 1 is 1.27 bits per heavy atom. The summed E-state index contributed by atoms with van der Waals surface area (Å²) in [4.78, 5) is 25.4. The lowest BCUT2D eigenvalue weighted by Gasteiger charge is -2.06. The molecule has 0 atom stereocenters. The van der Waals surface area contributed by atoms with Gasteiger partial charge in [-0.15, -0.1) is 21.5 Å². The van der Waals surface area contributed by atoms with Crippen molar-refractivity contribution < 1.29 is 14.3 Å². The first-order valence-electron chi connectivity index (χ1n) is 9.19. The van der Waals surface area contributed by atoms with E-state index in [1.807, 2.05) is 12.1 Å². The number of carbonyl (C=O) groups excluding carboxylic acids is 2. The molecule has 2 heterocycles. The molecule has 9 nitrogen and oxygen atoms in total. The van der Waals surface area contributed by atoms with Crippen molar-refractivity contribution in [2.24, 2.45) is 5.73 Å². The Hall–Kier alpha value is -3.05. The van der Waals surface area contributed by atoms with Gasteiger partial charge in [0.05, 0.1) is 18.4 Å². The van der Waals surface area contributed by atoms with E-state index in [9.17, 15) is 9.59 Å². The summed E-state index contributed by atoms with van der Waals surface area (Å²) >= 11 is 2.58. The molecular formula is C19H20N6O3S2. The van der Waals surface area contributed by atoms with E-state index in [2.05, 4.69) is 15.5 Å². The molecule has 1 aliphatic carbocycles. The van der Waals surface area contributed by atoms with Crippen LogP contribution >= 0.6 is 23.1 Å². The molecule has 3 aromatic rings. The van der Waals surface area contributed by atoms with Gasteiger partial charge in [0, 0.05) is 10.4 Å². The molecule has 11 heteroatoms. The first-order chi connectivity index (χ1) is 14.5. The highest BCUT2D eigenvalue weighted by Gasteiger charge is 2.26. The van der Waals surface area contributed by atoms with Crippen molar-refractivity contribution in [2.45, 2.75) is 24.4 Å². The van der Waals surface area contributed by atoms with Gasteiger partial charge in [-0.3, -0.25) is 9.59 Å². The summed E-state index contributed by atoms with van der Waals surface area (Å²) in [7, 11) is 1.59. The third-order valence-corrected chi connectivity index (χ3v) is 6.92. The highest BCUT2D eigenvalue weighted by molar-refractivity contribution is 7.99. The zero-order valence-electron chi connectivity index (χ0n) is 16.2. The monoisotopic (exact) mass is 444 g/mol. The third kappa shape index (κ3) is 3.85. The number of fused-ring (bicyclic) bond motifs is 1. The van der Waals surface area contributed by atoms with Crippen LogP contribution in [0, 0.1) is 0 Å². The minimum atomic E-state index is -0.511. The molecule has 5 N–H and O–H groups in total. The van der Waals surface area contributed by atoms with E-state index < -0.39 is 5.91 Å². The number of ether oxygens (including phenoxy) is 1. The minimum Gasteiger partial charge on any atom is -0.497 e. The van der Waals surface area contributed by atoms with Crippen LogP contribution in [0.15, 0.2) is 29.4 Å². The van der Waals surface area contributed by atoms with E-state index in [1.54, 1.807) is 19.2 Å². The first-order valence-corrected chi connectivity index (χ1v) is 11.0. The highest BCUT2D eigenvalue weighted by Crippen LogP contribution is 2.39.